The van der Waals surface area contributed by atoms with Crippen LogP contribution in [0, 0.1) is 0 Å². The molecular weight excluding hydrogens is 156 g/mol. The molecule has 0 aliphatic heterocycles. The first-order valence-electron chi connectivity index (χ1n) is 5.00. The van der Waals surface area contributed by atoms with E-state index in [1.54, 1.807) is 0 Å². The summed E-state index contributed by atoms with van der Waals surface area (Å²) in [6.07, 6.45) is 16.6. The molecule has 0 heteroatoms. The van der Waals surface area contributed by atoms with E-state index in [4.69, 9.17) is 0 Å². The van der Waals surface area contributed by atoms with Crippen molar-refractivity contribution in [3.63, 3.8) is 0 Å². The van der Waals surface area contributed by atoms with Crippen molar-refractivity contribution in [2.45, 2.75) is 33.1 Å². The van der Waals surface area contributed by atoms with Crippen LogP contribution >= 0.6 is 0 Å². The van der Waals surface area contributed by atoms with Crippen LogP contribution in [0.25, 0.3) is 0 Å². The molecule has 0 amide bonds. The fraction of sp³-hybridized carbons (Fsp3) is 0.385. The lowest BCUT2D eigenvalue weighted by Crippen LogP contribution is -1.80. The molecule has 1 rings (SSSR count). The predicted molar refractivity (Wildman–Crippen MR) is 59.6 cm³/mol. The number of hydrogen-bond donors (Lipinski definition) is 0. The molecule has 0 bridgehead atoms. The summed E-state index contributed by atoms with van der Waals surface area (Å²) in [5.74, 6) is 0. The topological polar surface area (TPSA) is 0 Å². The van der Waals surface area contributed by atoms with Crippen molar-refractivity contribution in [3.05, 3.63) is 47.6 Å². The summed E-state index contributed by atoms with van der Waals surface area (Å²) in [5, 5.41) is 0. The van der Waals surface area contributed by atoms with Gasteiger partial charge in [-0.1, -0.05) is 54.5 Å². The van der Waals surface area contributed by atoms with Gasteiger partial charge in [0.1, 0.15) is 0 Å². The van der Waals surface area contributed by atoms with Crippen LogP contribution in [0.1, 0.15) is 33.1 Å². The van der Waals surface area contributed by atoms with E-state index >= 15 is 0 Å². The molecule has 0 aromatic rings. The van der Waals surface area contributed by atoms with Crippen LogP contribution in [0.3, 0.4) is 0 Å². The molecule has 0 saturated heterocycles. The zero-order chi connectivity index (χ0) is 9.52. The summed E-state index contributed by atoms with van der Waals surface area (Å²) in [6, 6.07) is 0. The van der Waals surface area contributed by atoms with Crippen LogP contribution in [0.5, 0.6) is 0 Å². The van der Waals surface area contributed by atoms with Gasteiger partial charge in [-0.15, -0.1) is 0 Å². The van der Waals surface area contributed by atoms with Gasteiger partial charge in [-0.3, -0.25) is 0 Å². The van der Waals surface area contributed by atoms with Gasteiger partial charge in [0.15, 0.2) is 0 Å². The zero-order valence-electron chi connectivity index (χ0n) is 8.59. The zero-order valence-corrected chi connectivity index (χ0v) is 8.59. The van der Waals surface area contributed by atoms with E-state index in [0.717, 1.165) is 19.3 Å². The Kier molecular flexibility index (Phi) is 4.31. The smallest absolute Gasteiger partial charge is 0.0130 e. The Morgan fingerprint density at radius 3 is 2.92 bits per heavy atom. The first-order valence-corrected chi connectivity index (χ1v) is 5.00. The predicted octanol–water partition coefficient (Wildman–Crippen LogP) is 4.18. The van der Waals surface area contributed by atoms with E-state index < -0.39 is 0 Å². The minimum absolute atomic E-state index is 1.04. The standard InChI is InChI=1S/C13H18/c1-3-13-9-7-5-4-6-8-12(2)10-11-13/h5-10H,3-4,11H2,1-2H3/b7-5-,8-6-,12-10-,13-9-. The minimum atomic E-state index is 1.04. The van der Waals surface area contributed by atoms with Gasteiger partial charge >= 0.3 is 0 Å². The van der Waals surface area contributed by atoms with Crippen molar-refractivity contribution >= 4 is 0 Å². The van der Waals surface area contributed by atoms with Crippen LogP contribution in [0.2, 0.25) is 0 Å². The van der Waals surface area contributed by atoms with Gasteiger partial charge in [-0.05, 0) is 26.2 Å². The molecule has 13 heavy (non-hydrogen) atoms. The molecule has 0 fully saturated rings. The Bertz CT molecular complexity index is 262. The molecule has 0 atom stereocenters. The highest BCUT2D eigenvalue weighted by Crippen LogP contribution is 2.11. The van der Waals surface area contributed by atoms with Gasteiger partial charge in [0, 0.05) is 0 Å². The van der Waals surface area contributed by atoms with E-state index in [9.17, 15) is 0 Å². The maximum absolute atomic E-state index is 2.30. The molecular formula is C13H18. The lowest BCUT2D eigenvalue weighted by atomic mass is 10.1. The van der Waals surface area contributed by atoms with E-state index in [-0.39, 0.29) is 0 Å². The van der Waals surface area contributed by atoms with E-state index in [0.29, 0.717) is 0 Å². The molecule has 0 radical (unpaired) electrons. The minimum Gasteiger partial charge on any atom is -0.0807 e. The van der Waals surface area contributed by atoms with Gasteiger partial charge in [0.2, 0.25) is 0 Å². The highest BCUT2D eigenvalue weighted by molar-refractivity contribution is 5.23. The van der Waals surface area contributed by atoms with Crippen LogP contribution < -0.4 is 0 Å². The number of hydrogen-bond acceptors (Lipinski definition) is 0. The third kappa shape index (κ3) is 3.93. The average molecular weight is 174 g/mol. The van der Waals surface area contributed by atoms with Crippen LogP contribution in [0.4, 0.5) is 0 Å². The molecule has 0 N–H and O–H groups in total. The molecule has 0 unspecified atom stereocenters. The summed E-state index contributed by atoms with van der Waals surface area (Å²) in [7, 11) is 0. The van der Waals surface area contributed by atoms with Crippen molar-refractivity contribution in [3.8, 4) is 0 Å². The lowest BCUT2D eigenvalue weighted by molar-refractivity contribution is 1.02. The van der Waals surface area contributed by atoms with Crippen molar-refractivity contribution in [1.29, 1.82) is 0 Å². The Labute approximate surface area is 81.4 Å². The number of allylic oxidation sites excluding steroid dienone is 8. The summed E-state index contributed by atoms with van der Waals surface area (Å²) in [4.78, 5) is 0. The number of rotatable bonds is 1. The molecule has 70 valence electrons. The summed E-state index contributed by atoms with van der Waals surface area (Å²) in [6.45, 7) is 4.37. The molecule has 0 nitrogen and oxygen atoms in total. The van der Waals surface area contributed by atoms with Crippen molar-refractivity contribution in [2.24, 2.45) is 0 Å². The summed E-state index contributed by atoms with van der Waals surface area (Å²) < 4.78 is 0. The molecule has 1 aliphatic carbocycles. The van der Waals surface area contributed by atoms with Crippen molar-refractivity contribution in [2.75, 3.05) is 0 Å². The van der Waals surface area contributed by atoms with Crippen molar-refractivity contribution in [1.82, 2.24) is 0 Å². The molecule has 0 spiro atoms. The normalized spacial score (nSPS) is 30.9. The SMILES string of the molecule is CC/C1=C/C=C\C/C=C\C(C)=C/C1. The van der Waals surface area contributed by atoms with Crippen molar-refractivity contribution < 1.29 is 0 Å². The van der Waals surface area contributed by atoms with Gasteiger partial charge in [-0.2, -0.15) is 0 Å². The fourth-order valence-corrected chi connectivity index (χ4v) is 1.31. The monoisotopic (exact) mass is 174 g/mol. The third-order valence-corrected chi connectivity index (χ3v) is 2.26. The van der Waals surface area contributed by atoms with E-state index in [1.165, 1.54) is 11.1 Å². The summed E-state index contributed by atoms with van der Waals surface area (Å²) in [5.41, 5.74) is 2.88. The van der Waals surface area contributed by atoms with Crippen LogP contribution in [0.15, 0.2) is 47.6 Å². The van der Waals surface area contributed by atoms with Crippen LogP contribution in [-0.4, -0.2) is 0 Å². The second-order valence-corrected chi connectivity index (χ2v) is 3.40. The lowest BCUT2D eigenvalue weighted by Gasteiger charge is -2.00. The van der Waals surface area contributed by atoms with Gasteiger partial charge in [0.25, 0.3) is 0 Å². The van der Waals surface area contributed by atoms with E-state index in [2.05, 4.69) is 50.3 Å². The molecule has 0 heterocycles. The average Bonchev–Trinajstić information content (AvgIpc) is 2.16. The Morgan fingerprint density at radius 2 is 2.15 bits per heavy atom. The Morgan fingerprint density at radius 1 is 1.31 bits per heavy atom. The Hall–Kier alpha value is -1.04. The molecule has 0 aromatic carbocycles. The van der Waals surface area contributed by atoms with Gasteiger partial charge < -0.3 is 0 Å². The molecule has 0 aromatic heterocycles. The maximum atomic E-state index is 2.30. The second kappa shape index (κ2) is 5.58. The van der Waals surface area contributed by atoms with Gasteiger partial charge in [0.05, 0.1) is 0 Å². The highest BCUT2D eigenvalue weighted by Gasteiger charge is 1.91. The Balaban J connectivity index is 2.74. The molecule has 0 saturated carbocycles. The second-order valence-electron chi connectivity index (χ2n) is 3.40. The first-order chi connectivity index (χ1) is 6.33. The van der Waals surface area contributed by atoms with Gasteiger partial charge in [-0.25, -0.2) is 0 Å². The van der Waals surface area contributed by atoms with E-state index in [1.807, 2.05) is 0 Å². The summed E-state index contributed by atoms with van der Waals surface area (Å²) >= 11 is 0. The fourth-order valence-electron chi connectivity index (χ4n) is 1.31. The largest absolute Gasteiger partial charge is 0.0807 e. The highest BCUT2D eigenvalue weighted by atomic mass is 14.0. The molecule has 1 aliphatic rings. The third-order valence-electron chi connectivity index (χ3n) is 2.26. The quantitative estimate of drug-likeness (QED) is 0.559. The van der Waals surface area contributed by atoms with Crippen LogP contribution in [-0.2, 0) is 0 Å². The first kappa shape index (κ1) is 10.0. The maximum Gasteiger partial charge on any atom is -0.0130 e.